The molecule has 0 aromatic heterocycles. The van der Waals surface area contributed by atoms with Gasteiger partial charge in [-0.1, -0.05) is 0 Å². The van der Waals surface area contributed by atoms with Crippen LogP contribution >= 0.6 is 0 Å². The molecule has 0 aromatic carbocycles. The molecule has 96 valence electrons. The first-order chi connectivity index (χ1) is 7.18. The largest absolute Gasteiger partial charge is 0.316 e. The fourth-order valence-corrected chi connectivity index (χ4v) is 3.84. The van der Waals surface area contributed by atoms with Gasteiger partial charge in [0.25, 0.3) is 0 Å². The van der Waals surface area contributed by atoms with Crippen molar-refractivity contribution in [3.63, 3.8) is 0 Å². The molecule has 0 amide bonds. The predicted molar refractivity (Wildman–Crippen MR) is 60.5 cm³/mol. The molecule has 1 heterocycles. The standard InChI is InChI=1S/C7H17N3O4S2/c1-15(11,12)10(6-16(8,13)14)5-7-2-3-9-4-7/h7,9H,2-6H2,1H3,(H2,8,13,14). The summed E-state index contributed by atoms with van der Waals surface area (Å²) in [5.41, 5.74) is 0. The summed E-state index contributed by atoms with van der Waals surface area (Å²) in [6.45, 7) is 1.73. The molecule has 0 spiro atoms. The van der Waals surface area contributed by atoms with Crippen molar-refractivity contribution in [3.8, 4) is 0 Å². The first kappa shape index (κ1) is 13.8. The molecule has 1 saturated heterocycles. The van der Waals surface area contributed by atoms with Crippen molar-refractivity contribution < 1.29 is 16.8 Å². The average Bonchev–Trinajstić information content (AvgIpc) is 2.51. The molecule has 1 atom stereocenters. The maximum absolute atomic E-state index is 11.4. The van der Waals surface area contributed by atoms with Crippen LogP contribution in [-0.2, 0) is 20.0 Å². The molecule has 0 aliphatic carbocycles. The van der Waals surface area contributed by atoms with E-state index in [2.05, 4.69) is 5.32 Å². The van der Waals surface area contributed by atoms with Crippen molar-refractivity contribution >= 4 is 20.0 Å². The molecule has 1 unspecified atom stereocenters. The maximum Gasteiger partial charge on any atom is 0.223 e. The minimum absolute atomic E-state index is 0.150. The van der Waals surface area contributed by atoms with Gasteiger partial charge < -0.3 is 5.32 Å². The van der Waals surface area contributed by atoms with Crippen LogP contribution in [0, 0.1) is 5.92 Å². The minimum atomic E-state index is -3.82. The Morgan fingerprint density at radius 1 is 1.38 bits per heavy atom. The Labute approximate surface area is 96.1 Å². The lowest BCUT2D eigenvalue weighted by Crippen LogP contribution is -2.40. The van der Waals surface area contributed by atoms with Gasteiger partial charge in [0.2, 0.25) is 20.0 Å². The third-order valence-corrected chi connectivity index (χ3v) is 4.47. The second-order valence-electron chi connectivity index (χ2n) is 4.05. The number of primary sulfonamides is 1. The Morgan fingerprint density at radius 2 is 2.00 bits per heavy atom. The topological polar surface area (TPSA) is 110 Å². The van der Waals surface area contributed by atoms with Gasteiger partial charge in [-0.2, -0.15) is 4.31 Å². The maximum atomic E-state index is 11.4. The van der Waals surface area contributed by atoms with E-state index in [0.717, 1.165) is 23.5 Å². The van der Waals surface area contributed by atoms with Crippen LogP contribution in [0.5, 0.6) is 0 Å². The summed E-state index contributed by atoms with van der Waals surface area (Å²) in [5, 5.41) is 7.95. The number of hydrogen-bond acceptors (Lipinski definition) is 5. The molecule has 1 rings (SSSR count). The highest BCUT2D eigenvalue weighted by Crippen LogP contribution is 2.12. The Kier molecular flexibility index (Phi) is 4.29. The SMILES string of the molecule is CS(=O)(=O)N(CC1CCNC1)CS(N)(=O)=O. The number of nitrogens with two attached hydrogens (primary N) is 1. The van der Waals surface area contributed by atoms with E-state index in [1.165, 1.54) is 0 Å². The Bertz CT molecular complexity index is 425. The van der Waals surface area contributed by atoms with E-state index in [9.17, 15) is 16.8 Å². The van der Waals surface area contributed by atoms with Crippen LogP contribution in [0.1, 0.15) is 6.42 Å². The third-order valence-electron chi connectivity index (χ3n) is 2.42. The van der Waals surface area contributed by atoms with Crippen LogP contribution in [0.4, 0.5) is 0 Å². The number of hydrogen-bond donors (Lipinski definition) is 2. The van der Waals surface area contributed by atoms with Crippen LogP contribution in [-0.4, -0.2) is 52.9 Å². The molecule has 0 bridgehead atoms. The first-order valence-electron chi connectivity index (χ1n) is 4.85. The quantitative estimate of drug-likeness (QED) is 0.607. The monoisotopic (exact) mass is 271 g/mol. The fraction of sp³-hybridized carbons (Fsp3) is 1.00. The average molecular weight is 271 g/mol. The van der Waals surface area contributed by atoms with E-state index in [1.807, 2.05) is 0 Å². The van der Waals surface area contributed by atoms with Gasteiger partial charge in [-0.05, 0) is 25.4 Å². The van der Waals surface area contributed by atoms with Crippen LogP contribution in [0.3, 0.4) is 0 Å². The molecule has 3 N–H and O–H groups in total. The molecule has 1 aliphatic heterocycles. The second kappa shape index (κ2) is 4.96. The van der Waals surface area contributed by atoms with Gasteiger partial charge in [-0.3, -0.25) is 0 Å². The summed E-state index contributed by atoms with van der Waals surface area (Å²) in [5.74, 6) is -0.501. The Morgan fingerprint density at radius 3 is 2.38 bits per heavy atom. The fourth-order valence-electron chi connectivity index (χ4n) is 1.64. The van der Waals surface area contributed by atoms with Gasteiger partial charge >= 0.3 is 0 Å². The minimum Gasteiger partial charge on any atom is -0.316 e. The summed E-state index contributed by atoms with van der Waals surface area (Å²) >= 11 is 0. The van der Waals surface area contributed by atoms with E-state index in [1.54, 1.807) is 0 Å². The van der Waals surface area contributed by atoms with Crippen LogP contribution in [0.25, 0.3) is 0 Å². The zero-order chi connectivity index (χ0) is 12.4. The molecule has 16 heavy (non-hydrogen) atoms. The third kappa shape index (κ3) is 4.74. The highest BCUT2D eigenvalue weighted by atomic mass is 32.2. The van der Waals surface area contributed by atoms with E-state index in [4.69, 9.17) is 5.14 Å². The molecular weight excluding hydrogens is 254 g/mol. The predicted octanol–water partition coefficient (Wildman–Crippen LogP) is -1.90. The number of rotatable bonds is 5. The molecule has 0 saturated carbocycles. The zero-order valence-electron chi connectivity index (χ0n) is 9.09. The van der Waals surface area contributed by atoms with Crippen LogP contribution < -0.4 is 10.5 Å². The van der Waals surface area contributed by atoms with Crippen molar-refractivity contribution in [2.45, 2.75) is 6.42 Å². The van der Waals surface area contributed by atoms with Crippen molar-refractivity contribution in [1.82, 2.24) is 9.62 Å². The number of nitrogens with one attached hydrogen (secondary N) is 1. The lowest BCUT2D eigenvalue weighted by Gasteiger charge is -2.21. The normalized spacial score (nSPS) is 22.8. The number of nitrogens with zero attached hydrogens (tertiary/aromatic N) is 1. The lowest BCUT2D eigenvalue weighted by molar-refractivity contribution is 0.386. The van der Waals surface area contributed by atoms with Gasteiger partial charge in [0.15, 0.2) is 0 Å². The highest BCUT2D eigenvalue weighted by Gasteiger charge is 2.26. The van der Waals surface area contributed by atoms with Gasteiger partial charge in [0.1, 0.15) is 5.88 Å². The first-order valence-corrected chi connectivity index (χ1v) is 8.41. The second-order valence-corrected chi connectivity index (χ2v) is 7.61. The summed E-state index contributed by atoms with van der Waals surface area (Å²) in [6, 6.07) is 0. The summed E-state index contributed by atoms with van der Waals surface area (Å²) in [7, 11) is -7.36. The van der Waals surface area contributed by atoms with Crippen LogP contribution in [0.2, 0.25) is 0 Å². The van der Waals surface area contributed by atoms with Crippen molar-refractivity contribution in [3.05, 3.63) is 0 Å². The molecule has 1 aliphatic rings. The van der Waals surface area contributed by atoms with E-state index in [-0.39, 0.29) is 12.5 Å². The summed E-state index contributed by atoms with van der Waals surface area (Å²) < 4.78 is 45.5. The molecular formula is C7H17N3O4S2. The van der Waals surface area contributed by atoms with Crippen LogP contribution in [0.15, 0.2) is 0 Å². The molecule has 9 heteroatoms. The summed E-state index contributed by atoms with van der Waals surface area (Å²) in [6.07, 6.45) is 1.83. The molecule has 0 radical (unpaired) electrons. The smallest absolute Gasteiger partial charge is 0.223 e. The van der Waals surface area contributed by atoms with Gasteiger partial charge in [-0.25, -0.2) is 22.0 Å². The Hall–Kier alpha value is -0.220. The van der Waals surface area contributed by atoms with Gasteiger partial charge in [0.05, 0.1) is 6.26 Å². The van der Waals surface area contributed by atoms with E-state index in [0.29, 0.717) is 6.54 Å². The van der Waals surface area contributed by atoms with Gasteiger partial charge in [0, 0.05) is 6.54 Å². The van der Waals surface area contributed by atoms with E-state index < -0.39 is 25.9 Å². The molecule has 1 fully saturated rings. The molecule has 7 nitrogen and oxygen atoms in total. The molecule has 0 aromatic rings. The highest BCUT2D eigenvalue weighted by molar-refractivity contribution is 7.92. The Balaban J connectivity index is 2.72. The lowest BCUT2D eigenvalue weighted by atomic mass is 10.1. The van der Waals surface area contributed by atoms with Crippen molar-refractivity contribution in [2.24, 2.45) is 11.1 Å². The number of sulfonamides is 2. The van der Waals surface area contributed by atoms with Crippen molar-refractivity contribution in [1.29, 1.82) is 0 Å². The van der Waals surface area contributed by atoms with Gasteiger partial charge in [-0.15, -0.1) is 0 Å². The summed E-state index contributed by atoms with van der Waals surface area (Å²) in [4.78, 5) is 0. The van der Waals surface area contributed by atoms with E-state index >= 15 is 0 Å². The van der Waals surface area contributed by atoms with Crippen molar-refractivity contribution in [2.75, 3.05) is 31.8 Å². The zero-order valence-corrected chi connectivity index (χ0v) is 10.7.